The SMILES string of the molecule is C(Cc1ccccc1)=C(COC1CCCCO1)COC1CCCCO1. The normalized spacial score (nSPS) is 24.0. The van der Waals surface area contributed by atoms with Gasteiger partial charge in [-0.2, -0.15) is 0 Å². The Morgan fingerprint density at radius 1 is 0.880 bits per heavy atom. The molecule has 138 valence electrons. The number of allylic oxidation sites excluding steroid dienone is 1. The molecule has 0 saturated carbocycles. The van der Waals surface area contributed by atoms with Gasteiger partial charge < -0.3 is 18.9 Å². The van der Waals surface area contributed by atoms with E-state index in [2.05, 4.69) is 30.3 Å². The summed E-state index contributed by atoms with van der Waals surface area (Å²) >= 11 is 0. The van der Waals surface area contributed by atoms with Gasteiger partial charge in [-0.05, 0) is 56.1 Å². The van der Waals surface area contributed by atoms with E-state index in [1.165, 1.54) is 18.4 Å². The fourth-order valence-electron chi connectivity index (χ4n) is 3.12. The van der Waals surface area contributed by atoms with Crippen molar-refractivity contribution >= 4 is 0 Å². The molecule has 2 fully saturated rings. The van der Waals surface area contributed by atoms with Gasteiger partial charge in [0.05, 0.1) is 13.2 Å². The van der Waals surface area contributed by atoms with Crippen LogP contribution in [0.15, 0.2) is 42.0 Å². The van der Waals surface area contributed by atoms with Gasteiger partial charge in [0, 0.05) is 13.2 Å². The Morgan fingerprint density at radius 2 is 1.48 bits per heavy atom. The smallest absolute Gasteiger partial charge is 0.158 e. The van der Waals surface area contributed by atoms with Gasteiger partial charge in [-0.25, -0.2) is 0 Å². The third-order valence-corrected chi connectivity index (χ3v) is 4.65. The van der Waals surface area contributed by atoms with Gasteiger partial charge >= 0.3 is 0 Å². The molecule has 0 amide bonds. The maximum atomic E-state index is 5.96. The zero-order valence-corrected chi connectivity index (χ0v) is 15.0. The van der Waals surface area contributed by atoms with E-state index in [-0.39, 0.29) is 12.6 Å². The lowest BCUT2D eigenvalue weighted by atomic mass is 10.1. The van der Waals surface area contributed by atoms with Crippen molar-refractivity contribution < 1.29 is 18.9 Å². The van der Waals surface area contributed by atoms with E-state index in [1.54, 1.807) is 0 Å². The van der Waals surface area contributed by atoms with E-state index in [0.29, 0.717) is 13.2 Å². The molecule has 2 unspecified atom stereocenters. The molecule has 1 aromatic carbocycles. The Morgan fingerprint density at radius 3 is 2.00 bits per heavy atom. The first-order chi connectivity index (χ1) is 12.4. The first kappa shape index (κ1) is 18.6. The van der Waals surface area contributed by atoms with Crippen LogP contribution in [-0.4, -0.2) is 39.0 Å². The summed E-state index contributed by atoms with van der Waals surface area (Å²) in [6.45, 7) is 2.73. The zero-order chi connectivity index (χ0) is 17.2. The van der Waals surface area contributed by atoms with Crippen LogP contribution < -0.4 is 0 Å². The molecule has 2 atom stereocenters. The summed E-state index contributed by atoms with van der Waals surface area (Å²) in [6.07, 6.45) is 9.58. The van der Waals surface area contributed by atoms with E-state index in [0.717, 1.165) is 50.9 Å². The monoisotopic (exact) mass is 346 g/mol. The maximum Gasteiger partial charge on any atom is 0.158 e. The Bertz CT molecular complexity index is 478. The minimum Gasteiger partial charge on any atom is -0.353 e. The molecular formula is C21H30O4. The Hall–Kier alpha value is -1.20. The number of hydrogen-bond donors (Lipinski definition) is 0. The predicted molar refractivity (Wildman–Crippen MR) is 97.3 cm³/mol. The quantitative estimate of drug-likeness (QED) is 0.660. The molecular weight excluding hydrogens is 316 g/mol. The molecule has 2 saturated heterocycles. The van der Waals surface area contributed by atoms with Crippen LogP contribution in [0.2, 0.25) is 0 Å². The largest absolute Gasteiger partial charge is 0.353 e. The summed E-state index contributed by atoms with van der Waals surface area (Å²) < 4.78 is 23.3. The molecule has 0 aromatic heterocycles. The highest BCUT2D eigenvalue weighted by atomic mass is 16.7. The molecule has 2 aliphatic rings. The van der Waals surface area contributed by atoms with Crippen molar-refractivity contribution in [2.75, 3.05) is 26.4 Å². The predicted octanol–water partition coefficient (Wildman–Crippen LogP) is 4.24. The van der Waals surface area contributed by atoms with Crippen molar-refractivity contribution in [1.82, 2.24) is 0 Å². The molecule has 25 heavy (non-hydrogen) atoms. The standard InChI is InChI=1S/C21H30O4/c1-2-8-18(9-3-1)12-13-19(16-24-20-10-4-6-14-22-20)17-25-21-11-5-7-15-23-21/h1-3,8-9,13,20-21H,4-7,10-12,14-17H2. The Labute approximate surface area is 151 Å². The summed E-state index contributed by atoms with van der Waals surface area (Å²) in [5.41, 5.74) is 2.45. The van der Waals surface area contributed by atoms with Gasteiger partial charge in [-0.1, -0.05) is 36.4 Å². The molecule has 3 rings (SSSR count). The number of benzene rings is 1. The van der Waals surface area contributed by atoms with Crippen LogP contribution in [0.5, 0.6) is 0 Å². The van der Waals surface area contributed by atoms with Crippen molar-refractivity contribution in [3.8, 4) is 0 Å². The van der Waals surface area contributed by atoms with E-state index in [1.807, 2.05) is 6.07 Å². The fraction of sp³-hybridized carbons (Fsp3) is 0.619. The van der Waals surface area contributed by atoms with Gasteiger partial charge in [-0.15, -0.1) is 0 Å². The van der Waals surface area contributed by atoms with Crippen LogP contribution in [-0.2, 0) is 25.4 Å². The highest BCUT2D eigenvalue weighted by molar-refractivity contribution is 5.19. The molecule has 0 N–H and O–H groups in total. The number of ether oxygens (including phenoxy) is 4. The lowest BCUT2D eigenvalue weighted by Gasteiger charge is -2.25. The highest BCUT2D eigenvalue weighted by Crippen LogP contribution is 2.17. The first-order valence-corrected chi connectivity index (χ1v) is 9.58. The van der Waals surface area contributed by atoms with Crippen LogP contribution in [0, 0.1) is 0 Å². The topological polar surface area (TPSA) is 36.9 Å². The van der Waals surface area contributed by atoms with E-state index in [4.69, 9.17) is 18.9 Å². The molecule has 1 aromatic rings. The van der Waals surface area contributed by atoms with Crippen LogP contribution >= 0.6 is 0 Å². The average molecular weight is 346 g/mol. The van der Waals surface area contributed by atoms with E-state index in [9.17, 15) is 0 Å². The van der Waals surface area contributed by atoms with Gasteiger partial charge in [0.15, 0.2) is 12.6 Å². The van der Waals surface area contributed by atoms with Crippen LogP contribution in [0.1, 0.15) is 44.1 Å². The molecule has 0 spiro atoms. The third kappa shape index (κ3) is 6.90. The van der Waals surface area contributed by atoms with E-state index >= 15 is 0 Å². The highest BCUT2D eigenvalue weighted by Gasteiger charge is 2.17. The molecule has 0 aliphatic carbocycles. The van der Waals surface area contributed by atoms with Crippen LogP contribution in [0.4, 0.5) is 0 Å². The second-order valence-electron chi connectivity index (χ2n) is 6.77. The average Bonchev–Trinajstić information content (AvgIpc) is 2.70. The summed E-state index contributed by atoms with van der Waals surface area (Å²) in [7, 11) is 0. The van der Waals surface area contributed by atoms with Crippen molar-refractivity contribution in [2.24, 2.45) is 0 Å². The Kier molecular flexibility index (Phi) is 7.97. The second-order valence-corrected chi connectivity index (χ2v) is 6.77. The van der Waals surface area contributed by atoms with Crippen LogP contribution in [0.3, 0.4) is 0 Å². The molecule has 0 radical (unpaired) electrons. The van der Waals surface area contributed by atoms with Gasteiger partial charge in [0.1, 0.15) is 0 Å². The number of rotatable bonds is 8. The van der Waals surface area contributed by atoms with Crippen molar-refractivity contribution in [2.45, 2.75) is 57.5 Å². The second kappa shape index (κ2) is 10.7. The molecule has 2 heterocycles. The minimum atomic E-state index is -0.0696. The third-order valence-electron chi connectivity index (χ3n) is 4.65. The van der Waals surface area contributed by atoms with Crippen molar-refractivity contribution in [3.05, 3.63) is 47.5 Å². The lowest BCUT2D eigenvalue weighted by molar-refractivity contribution is -0.168. The summed E-state index contributed by atoms with van der Waals surface area (Å²) in [4.78, 5) is 0. The summed E-state index contributed by atoms with van der Waals surface area (Å²) in [6, 6.07) is 10.5. The first-order valence-electron chi connectivity index (χ1n) is 9.58. The minimum absolute atomic E-state index is 0.0696. The number of hydrogen-bond acceptors (Lipinski definition) is 4. The molecule has 2 aliphatic heterocycles. The molecule has 4 nitrogen and oxygen atoms in total. The zero-order valence-electron chi connectivity index (χ0n) is 15.0. The molecule has 4 heteroatoms. The Balaban J connectivity index is 1.51. The van der Waals surface area contributed by atoms with E-state index < -0.39 is 0 Å². The summed E-state index contributed by atoms with van der Waals surface area (Å²) in [5, 5.41) is 0. The van der Waals surface area contributed by atoms with Crippen LogP contribution in [0.25, 0.3) is 0 Å². The lowest BCUT2D eigenvalue weighted by Crippen LogP contribution is -2.26. The maximum absolute atomic E-state index is 5.96. The van der Waals surface area contributed by atoms with Gasteiger partial charge in [-0.3, -0.25) is 0 Å². The van der Waals surface area contributed by atoms with Crippen molar-refractivity contribution in [3.63, 3.8) is 0 Å². The van der Waals surface area contributed by atoms with Crippen molar-refractivity contribution in [1.29, 1.82) is 0 Å². The van der Waals surface area contributed by atoms with Gasteiger partial charge in [0.2, 0.25) is 0 Å². The fourth-order valence-corrected chi connectivity index (χ4v) is 3.12. The molecule has 0 bridgehead atoms. The van der Waals surface area contributed by atoms with Gasteiger partial charge in [0.25, 0.3) is 0 Å². The summed E-state index contributed by atoms with van der Waals surface area (Å²) in [5.74, 6) is 0.